The Balaban J connectivity index is 2.16. The molecule has 1 saturated carbocycles. The normalized spacial score (nSPS) is 18.0. The Morgan fingerprint density at radius 3 is 2.35 bits per heavy atom. The number of hydrogen-bond acceptors (Lipinski definition) is 2. The van der Waals surface area contributed by atoms with Crippen LogP contribution in [0.5, 0.6) is 0 Å². The highest BCUT2D eigenvalue weighted by atomic mass is 35.5. The number of carbonyl (C=O) groups is 1. The lowest BCUT2D eigenvalue weighted by molar-refractivity contribution is -0.128. The van der Waals surface area contributed by atoms with Crippen molar-refractivity contribution in [2.75, 3.05) is 6.61 Å². The molecule has 0 aromatic heterocycles. The van der Waals surface area contributed by atoms with E-state index in [4.69, 9.17) is 11.6 Å². The van der Waals surface area contributed by atoms with Crippen LogP contribution in [0.3, 0.4) is 0 Å². The van der Waals surface area contributed by atoms with Crippen LogP contribution in [0.1, 0.15) is 45.1 Å². The van der Waals surface area contributed by atoms with Gasteiger partial charge in [0.05, 0.1) is 17.6 Å². The van der Waals surface area contributed by atoms with Crippen molar-refractivity contribution in [1.29, 1.82) is 0 Å². The third-order valence-electron chi connectivity index (χ3n) is 4.38. The molecule has 3 nitrogen and oxygen atoms in total. The van der Waals surface area contributed by atoms with Crippen molar-refractivity contribution in [3.63, 3.8) is 0 Å². The lowest BCUT2D eigenvalue weighted by atomic mass is 9.82. The summed E-state index contributed by atoms with van der Waals surface area (Å²) in [6.07, 6.45) is 3.82. The van der Waals surface area contributed by atoms with E-state index in [2.05, 4.69) is 5.32 Å². The molecule has 0 heterocycles. The minimum absolute atomic E-state index is 0.00936. The van der Waals surface area contributed by atoms with Gasteiger partial charge in [-0.3, -0.25) is 4.79 Å². The SMILES string of the molecule is CC(C)(C(=O)NC1(CO)CCCC1)c1ccc(Cl)cc1. The van der Waals surface area contributed by atoms with Crippen LogP contribution in [0.2, 0.25) is 5.02 Å². The van der Waals surface area contributed by atoms with Crippen molar-refractivity contribution in [1.82, 2.24) is 5.32 Å². The van der Waals surface area contributed by atoms with Gasteiger partial charge in [0, 0.05) is 5.02 Å². The smallest absolute Gasteiger partial charge is 0.230 e. The van der Waals surface area contributed by atoms with Gasteiger partial charge in [-0.2, -0.15) is 0 Å². The Morgan fingerprint density at radius 2 is 1.85 bits per heavy atom. The highest BCUT2D eigenvalue weighted by molar-refractivity contribution is 6.30. The first kappa shape index (κ1) is 15.3. The van der Waals surface area contributed by atoms with Gasteiger partial charge in [-0.1, -0.05) is 36.6 Å². The maximum atomic E-state index is 12.6. The lowest BCUT2D eigenvalue weighted by Gasteiger charge is -2.33. The van der Waals surface area contributed by atoms with Crippen molar-refractivity contribution in [2.24, 2.45) is 0 Å². The fraction of sp³-hybridized carbons (Fsp3) is 0.562. The first-order valence-electron chi connectivity index (χ1n) is 7.09. The van der Waals surface area contributed by atoms with Gasteiger partial charge in [-0.05, 0) is 44.4 Å². The number of amides is 1. The van der Waals surface area contributed by atoms with Gasteiger partial charge in [0.15, 0.2) is 0 Å². The van der Waals surface area contributed by atoms with Crippen LogP contribution in [-0.2, 0) is 10.2 Å². The Morgan fingerprint density at radius 1 is 1.30 bits per heavy atom. The number of carbonyl (C=O) groups excluding carboxylic acids is 1. The van der Waals surface area contributed by atoms with Crippen molar-refractivity contribution < 1.29 is 9.90 Å². The fourth-order valence-electron chi connectivity index (χ4n) is 2.77. The van der Waals surface area contributed by atoms with E-state index in [0.29, 0.717) is 5.02 Å². The summed E-state index contributed by atoms with van der Waals surface area (Å²) in [7, 11) is 0. The lowest BCUT2D eigenvalue weighted by Crippen LogP contribution is -2.54. The Kier molecular flexibility index (Phi) is 4.40. The number of nitrogens with one attached hydrogen (secondary N) is 1. The molecule has 1 aliphatic carbocycles. The van der Waals surface area contributed by atoms with E-state index in [1.807, 2.05) is 26.0 Å². The van der Waals surface area contributed by atoms with E-state index in [0.717, 1.165) is 31.2 Å². The summed E-state index contributed by atoms with van der Waals surface area (Å²) in [5, 5.41) is 13.3. The van der Waals surface area contributed by atoms with Crippen molar-refractivity contribution in [2.45, 2.75) is 50.5 Å². The average molecular weight is 296 g/mol. The molecule has 110 valence electrons. The number of aliphatic hydroxyl groups excluding tert-OH is 1. The van der Waals surface area contributed by atoms with Crippen molar-refractivity contribution in [3.8, 4) is 0 Å². The highest BCUT2D eigenvalue weighted by Gasteiger charge is 2.39. The van der Waals surface area contributed by atoms with Gasteiger partial charge < -0.3 is 10.4 Å². The summed E-state index contributed by atoms with van der Waals surface area (Å²) in [4.78, 5) is 12.6. The van der Waals surface area contributed by atoms with Crippen molar-refractivity contribution in [3.05, 3.63) is 34.9 Å². The van der Waals surface area contributed by atoms with Crippen LogP contribution in [0.15, 0.2) is 24.3 Å². The standard InChI is InChI=1S/C16H22ClNO2/c1-15(2,12-5-7-13(17)8-6-12)14(20)18-16(11-19)9-3-4-10-16/h5-8,19H,3-4,9-11H2,1-2H3,(H,18,20). The maximum Gasteiger partial charge on any atom is 0.230 e. The summed E-state index contributed by atoms with van der Waals surface area (Å²) in [6, 6.07) is 7.34. The molecule has 1 aromatic rings. The average Bonchev–Trinajstić information content (AvgIpc) is 2.88. The van der Waals surface area contributed by atoms with Crippen LogP contribution < -0.4 is 5.32 Å². The monoisotopic (exact) mass is 295 g/mol. The first-order chi connectivity index (χ1) is 9.39. The third-order valence-corrected chi connectivity index (χ3v) is 4.63. The predicted octanol–water partition coefficient (Wildman–Crippen LogP) is 3.04. The molecule has 1 aromatic carbocycles. The second-order valence-corrected chi connectivity index (χ2v) is 6.67. The molecule has 4 heteroatoms. The zero-order valence-electron chi connectivity index (χ0n) is 12.1. The molecule has 0 unspecified atom stereocenters. The van der Waals surface area contributed by atoms with Gasteiger partial charge in [-0.15, -0.1) is 0 Å². The summed E-state index contributed by atoms with van der Waals surface area (Å²) in [5.74, 6) is -0.0456. The van der Waals surface area contributed by atoms with Gasteiger partial charge in [0.25, 0.3) is 0 Å². The van der Waals surface area contributed by atoms with E-state index >= 15 is 0 Å². The van der Waals surface area contributed by atoms with Crippen LogP contribution in [0.4, 0.5) is 0 Å². The molecule has 2 N–H and O–H groups in total. The van der Waals surface area contributed by atoms with Crippen LogP contribution in [0.25, 0.3) is 0 Å². The molecule has 2 rings (SSSR count). The van der Waals surface area contributed by atoms with Gasteiger partial charge in [0.1, 0.15) is 0 Å². The van der Waals surface area contributed by atoms with Crippen LogP contribution in [0, 0.1) is 0 Å². The molecule has 1 fully saturated rings. The molecule has 1 amide bonds. The summed E-state index contributed by atoms with van der Waals surface area (Å²) >= 11 is 5.89. The second-order valence-electron chi connectivity index (χ2n) is 6.23. The van der Waals surface area contributed by atoms with Gasteiger partial charge in [-0.25, -0.2) is 0 Å². The minimum atomic E-state index is -0.644. The summed E-state index contributed by atoms with van der Waals surface area (Å²) in [5.41, 5.74) is -0.152. The third kappa shape index (κ3) is 2.99. The van der Waals surface area contributed by atoms with Gasteiger partial charge >= 0.3 is 0 Å². The van der Waals surface area contributed by atoms with E-state index in [1.165, 1.54) is 0 Å². The van der Waals surface area contributed by atoms with Gasteiger partial charge in [0.2, 0.25) is 5.91 Å². The molecule has 0 bridgehead atoms. The first-order valence-corrected chi connectivity index (χ1v) is 7.47. The molecule has 20 heavy (non-hydrogen) atoms. The van der Waals surface area contributed by atoms with Crippen molar-refractivity contribution >= 4 is 17.5 Å². The zero-order chi connectivity index (χ0) is 14.8. The number of halogens is 1. The summed E-state index contributed by atoms with van der Waals surface area (Å²) < 4.78 is 0. The molecule has 0 spiro atoms. The topological polar surface area (TPSA) is 49.3 Å². The molecule has 0 saturated heterocycles. The number of rotatable bonds is 4. The van der Waals surface area contributed by atoms with E-state index in [-0.39, 0.29) is 12.5 Å². The van der Waals surface area contributed by atoms with Crippen LogP contribution >= 0.6 is 11.6 Å². The largest absolute Gasteiger partial charge is 0.394 e. The van der Waals surface area contributed by atoms with Crippen LogP contribution in [-0.4, -0.2) is 23.2 Å². The fourth-order valence-corrected chi connectivity index (χ4v) is 2.90. The van der Waals surface area contributed by atoms with E-state index < -0.39 is 11.0 Å². The molecular formula is C16H22ClNO2. The maximum absolute atomic E-state index is 12.6. The number of benzene rings is 1. The minimum Gasteiger partial charge on any atom is -0.394 e. The predicted molar refractivity (Wildman–Crippen MR) is 80.9 cm³/mol. The zero-order valence-corrected chi connectivity index (χ0v) is 12.8. The summed E-state index contributed by atoms with van der Waals surface area (Å²) in [6.45, 7) is 3.80. The highest BCUT2D eigenvalue weighted by Crippen LogP contribution is 2.32. The quantitative estimate of drug-likeness (QED) is 0.897. The van der Waals surface area contributed by atoms with E-state index in [9.17, 15) is 9.90 Å². The molecular weight excluding hydrogens is 274 g/mol. The Hall–Kier alpha value is -1.06. The molecule has 0 aliphatic heterocycles. The number of hydrogen-bond donors (Lipinski definition) is 2. The second kappa shape index (κ2) is 5.74. The molecule has 0 radical (unpaired) electrons. The Bertz CT molecular complexity index is 476. The molecule has 0 atom stereocenters. The Labute approximate surface area is 125 Å². The molecule has 1 aliphatic rings. The van der Waals surface area contributed by atoms with E-state index in [1.54, 1.807) is 12.1 Å². The number of aliphatic hydroxyl groups is 1.